The molecule has 0 unspecified atom stereocenters. The van der Waals surface area contributed by atoms with Crippen LogP contribution in [0.25, 0.3) is 0 Å². The second-order valence-electron chi connectivity index (χ2n) is 5.65. The third-order valence-corrected chi connectivity index (χ3v) is 4.37. The number of carbonyl (C=O) groups is 1. The lowest BCUT2D eigenvalue weighted by Gasteiger charge is -2.26. The first kappa shape index (κ1) is 14.9. The van der Waals surface area contributed by atoms with Gasteiger partial charge in [-0.3, -0.25) is 0 Å². The summed E-state index contributed by atoms with van der Waals surface area (Å²) in [6.45, 7) is 2.88. The molecule has 114 valence electrons. The predicted molar refractivity (Wildman–Crippen MR) is 90.3 cm³/mol. The molecule has 1 atom stereocenters. The van der Waals surface area contributed by atoms with E-state index in [1.807, 2.05) is 29.2 Å². The summed E-state index contributed by atoms with van der Waals surface area (Å²) in [7, 11) is 0. The average Bonchev–Trinajstić information content (AvgIpc) is 2.97. The predicted octanol–water partition coefficient (Wildman–Crippen LogP) is 5.02. The first-order chi connectivity index (χ1) is 10.6. The Hall–Kier alpha value is -2.00. The minimum absolute atomic E-state index is 0.0620. The minimum Gasteiger partial charge on any atom is -0.317 e. The molecule has 1 aliphatic heterocycles. The second-order valence-corrected chi connectivity index (χ2v) is 6.08. The molecule has 2 aromatic carbocycles. The summed E-state index contributed by atoms with van der Waals surface area (Å²) in [4.78, 5) is 14.5. The topological polar surface area (TPSA) is 32.3 Å². The fraction of sp³-hybridized carbons (Fsp3) is 0.278. The number of hydrogen-bond donors (Lipinski definition) is 1. The molecule has 1 saturated heterocycles. The summed E-state index contributed by atoms with van der Waals surface area (Å²) in [5.41, 5.74) is 3.20. The van der Waals surface area contributed by atoms with Crippen LogP contribution in [0.2, 0.25) is 5.02 Å². The van der Waals surface area contributed by atoms with Gasteiger partial charge in [-0.25, -0.2) is 4.79 Å². The molecule has 0 spiro atoms. The summed E-state index contributed by atoms with van der Waals surface area (Å²) >= 11 is 5.97. The summed E-state index contributed by atoms with van der Waals surface area (Å²) in [5, 5.41) is 3.57. The lowest BCUT2D eigenvalue weighted by atomic mass is 9.99. The van der Waals surface area contributed by atoms with Crippen LogP contribution in [-0.2, 0) is 0 Å². The molecule has 3 nitrogen and oxygen atoms in total. The van der Waals surface area contributed by atoms with Crippen molar-refractivity contribution in [3.8, 4) is 0 Å². The van der Waals surface area contributed by atoms with Crippen LogP contribution in [0.15, 0.2) is 48.5 Å². The third kappa shape index (κ3) is 3.09. The number of benzene rings is 2. The van der Waals surface area contributed by atoms with E-state index in [-0.39, 0.29) is 12.1 Å². The van der Waals surface area contributed by atoms with Crippen molar-refractivity contribution in [2.24, 2.45) is 0 Å². The van der Waals surface area contributed by atoms with Gasteiger partial charge in [-0.1, -0.05) is 41.9 Å². The number of hydrogen-bond acceptors (Lipinski definition) is 1. The summed E-state index contributed by atoms with van der Waals surface area (Å²) < 4.78 is 0. The van der Waals surface area contributed by atoms with Crippen LogP contribution in [0.1, 0.15) is 30.0 Å². The van der Waals surface area contributed by atoms with E-state index in [0.29, 0.717) is 5.02 Å². The Balaban J connectivity index is 1.78. The van der Waals surface area contributed by atoms with E-state index < -0.39 is 0 Å². The number of nitrogens with zero attached hydrogens (tertiary/aromatic N) is 1. The van der Waals surface area contributed by atoms with Crippen molar-refractivity contribution in [1.82, 2.24) is 4.90 Å². The quantitative estimate of drug-likeness (QED) is 0.829. The highest BCUT2D eigenvalue weighted by atomic mass is 35.5. The number of urea groups is 1. The van der Waals surface area contributed by atoms with Crippen LogP contribution in [-0.4, -0.2) is 17.5 Å². The average molecular weight is 315 g/mol. The molecule has 1 fully saturated rings. The number of aryl methyl sites for hydroxylation is 1. The van der Waals surface area contributed by atoms with Gasteiger partial charge in [0.1, 0.15) is 0 Å². The maximum Gasteiger partial charge on any atom is 0.322 e. The van der Waals surface area contributed by atoms with E-state index in [1.165, 1.54) is 11.1 Å². The van der Waals surface area contributed by atoms with Crippen molar-refractivity contribution >= 4 is 23.3 Å². The number of likely N-dealkylation sites (tertiary alicyclic amines) is 1. The van der Waals surface area contributed by atoms with Gasteiger partial charge in [0.15, 0.2) is 0 Å². The minimum atomic E-state index is -0.0620. The van der Waals surface area contributed by atoms with E-state index >= 15 is 0 Å². The molecule has 0 saturated carbocycles. The first-order valence-corrected chi connectivity index (χ1v) is 7.91. The number of anilines is 1. The summed E-state index contributed by atoms with van der Waals surface area (Å²) in [6.07, 6.45) is 2.04. The molecule has 4 heteroatoms. The van der Waals surface area contributed by atoms with Crippen molar-refractivity contribution < 1.29 is 4.79 Å². The molecule has 0 bridgehead atoms. The van der Waals surface area contributed by atoms with Gasteiger partial charge in [-0.05, 0) is 49.1 Å². The number of carbonyl (C=O) groups excluding carboxylic acids is 1. The Bertz CT molecular complexity index is 686. The molecule has 1 N–H and O–H groups in total. The highest BCUT2D eigenvalue weighted by Crippen LogP contribution is 2.34. The van der Waals surface area contributed by atoms with Gasteiger partial charge in [-0.15, -0.1) is 0 Å². The molecule has 2 aromatic rings. The summed E-state index contributed by atoms with van der Waals surface area (Å²) in [6, 6.07) is 15.6. The van der Waals surface area contributed by atoms with Crippen LogP contribution in [0.4, 0.5) is 10.5 Å². The normalized spacial score (nSPS) is 17.5. The van der Waals surface area contributed by atoms with Gasteiger partial charge in [0, 0.05) is 17.3 Å². The lowest BCUT2D eigenvalue weighted by molar-refractivity contribution is 0.207. The second kappa shape index (κ2) is 6.41. The molecule has 1 heterocycles. The Labute approximate surface area is 135 Å². The largest absolute Gasteiger partial charge is 0.322 e. The van der Waals surface area contributed by atoms with Crippen LogP contribution < -0.4 is 5.32 Å². The van der Waals surface area contributed by atoms with Crippen LogP contribution in [0.3, 0.4) is 0 Å². The molecule has 1 aliphatic rings. The third-order valence-electron chi connectivity index (χ3n) is 4.14. The Morgan fingerprint density at radius 1 is 1.23 bits per heavy atom. The van der Waals surface area contributed by atoms with Crippen LogP contribution in [0, 0.1) is 6.92 Å². The molecule has 0 aliphatic carbocycles. The van der Waals surface area contributed by atoms with Gasteiger partial charge in [0.05, 0.1) is 6.04 Å². The fourth-order valence-corrected chi connectivity index (χ4v) is 3.25. The zero-order valence-electron chi connectivity index (χ0n) is 12.6. The maximum absolute atomic E-state index is 12.6. The molecule has 2 amide bonds. The zero-order chi connectivity index (χ0) is 15.5. The van der Waals surface area contributed by atoms with E-state index in [4.69, 9.17) is 11.6 Å². The van der Waals surface area contributed by atoms with E-state index in [0.717, 1.165) is 25.1 Å². The van der Waals surface area contributed by atoms with Gasteiger partial charge in [0.25, 0.3) is 0 Å². The molecule has 0 aromatic heterocycles. The Kier molecular flexibility index (Phi) is 4.34. The smallest absolute Gasteiger partial charge is 0.317 e. The van der Waals surface area contributed by atoms with E-state index in [1.54, 1.807) is 12.1 Å². The van der Waals surface area contributed by atoms with E-state index in [2.05, 4.69) is 24.4 Å². The first-order valence-electron chi connectivity index (χ1n) is 7.54. The van der Waals surface area contributed by atoms with Crippen molar-refractivity contribution in [3.63, 3.8) is 0 Å². The summed E-state index contributed by atoms with van der Waals surface area (Å²) in [5.74, 6) is 0. The number of halogens is 1. The Morgan fingerprint density at radius 3 is 2.82 bits per heavy atom. The standard InChI is InChI=1S/C18H19ClN2O/c1-13-6-2-3-9-16(13)17-10-5-11-21(17)18(22)20-15-8-4-7-14(19)12-15/h2-4,6-9,12,17H,5,10-11H2,1H3,(H,20,22)/t17-/m0/s1. The van der Waals surface area contributed by atoms with Crippen molar-refractivity contribution in [1.29, 1.82) is 0 Å². The highest BCUT2D eigenvalue weighted by Gasteiger charge is 2.30. The molecule has 22 heavy (non-hydrogen) atoms. The van der Waals surface area contributed by atoms with Crippen molar-refractivity contribution in [2.45, 2.75) is 25.8 Å². The van der Waals surface area contributed by atoms with Gasteiger partial charge in [-0.2, -0.15) is 0 Å². The monoisotopic (exact) mass is 314 g/mol. The maximum atomic E-state index is 12.6. The lowest BCUT2D eigenvalue weighted by Crippen LogP contribution is -2.34. The fourth-order valence-electron chi connectivity index (χ4n) is 3.06. The van der Waals surface area contributed by atoms with Crippen molar-refractivity contribution in [2.75, 3.05) is 11.9 Å². The number of nitrogens with one attached hydrogen (secondary N) is 1. The zero-order valence-corrected chi connectivity index (χ0v) is 13.3. The Morgan fingerprint density at radius 2 is 2.05 bits per heavy atom. The molecular weight excluding hydrogens is 296 g/mol. The van der Waals surface area contributed by atoms with Gasteiger partial charge >= 0.3 is 6.03 Å². The highest BCUT2D eigenvalue weighted by molar-refractivity contribution is 6.30. The van der Waals surface area contributed by atoms with Crippen molar-refractivity contribution in [3.05, 3.63) is 64.7 Å². The van der Waals surface area contributed by atoms with E-state index in [9.17, 15) is 4.79 Å². The molecule has 3 rings (SSSR count). The number of amides is 2. The van der Waals surface area contributed by atoms with Gasteiger partial charge < -0.3 is 10.2 Å². The number of rotatable bonds is 2. The molecular formula is C18H19ClN2O. The molecule has 0 radical (unpaired) electrons. The van der Waals surface area contributed by atoms with Gasteiger partial charge in [0.2, 0.25) is 0 Å². The van der Waals surface area contributed by atoms with Crippen LogP contribution >= 0.6 is 11.6 Å². The van der Waals surface area contributed by atoms with Crippen LogP contribution in [0.5, 0.6) is 0 Å². The SMILES string of the molecule is Cc1ccccc1[C@@H]1CCCN1C(=O)Nc1cccc(Cl)c1.